The van der Waals surface area contributed by atoms with E-state index in [0.29, 0.717) is 32.5 Å². The number of aromatic nitrogens is 2. The number of hydrogen-bond acceptors (Lipinski definition) is 2. The lowest BCUT2D eigenvalue weighted by atomic mass is 10.0. The first kappa shape index (κ1) is 20.6. The molecule has 0 unspecified atom stereocenters. The molecule has 0 atom stereocenters. The van der Waals surface area contributed by atoms with E-state index in [1.54, 1.807) is 18.3 Å². The monoisotopic (exact) mass is 436 g/mol. The first-order valence-electron chi connectivity index (χ1n) is 8.67. The lowest BCUT2D eigenvalue weighted by Crippen LogP contribution is -2.19. The number of anilines is 2. The van der Waals surface area contributed by atoms with Crippen LogP contribution < -0.4 is 10.6 Å². The van der Waals surface area contributed by atoms with E-state index >= 15 is 0 Å². The molecule has 0 fully saturated rings. The number of hydrogen-bond donors (Lipinski definition) is 2. The molecule has 146 valence electrons. The van der Waals surface area contributed by atoms with Crippen LogP contribution in [0.1, 0.15) is 30.9 Å². The van der Waals surface area contributed by atoms with Gasteiger partial charge in [0.1, 0.15) is 10.8 Å². The van der Waals surface area contributed by atoms with Crippen LogP contribution in [0.5, 0.6) is 0 Å². The van der Waals surface area contributed by atoms with Gasteiger partial charge in [0.25, 0.3) is 0 Å². The number of rotatable bonds is 5. The average Bonchev–Trinajstić information content (AvgIpc) is 2.98. The summed E-state index contributed by atoms with van der Waals surface area (Å²) in [4.78, 5) is 0. The maximum absolute atomic E-state index is 14.0. The molecule has 2 N–H and O–H groups in total. The zero-order valence-electron chi connectivity index (χ0n) is 15.3. The quantitative estimate of drug-likeness (QED) is 0.459. The molecule has 0 saturated carbocycles. The summed E-state index contributed by atoms with van der Waals surface area (Å²) in [5.41, 5.74) is 2.45. The van der Waals surface area contributed by atoms with Gasteiger partial charge in [-0.15, -0.1) is 0 Å². The molecule has 2 aromatic carbocycles. The van der Waals surface area contributed by atoms with E-state index in [1.165, 1.54) is 16.3 Å². The fourth-order valence-corrected chi connectivity index (χ4v) is 3.26. The van der Waals surface area contributed by atoms with Gasteiger partial charge in [-0.3, -0.25) is 4.68 Å². The topological polar surface area (TPSA) is 41.9 Å². The van der Waals surface area contributed by atoms with Gasteiger partial charge in [-0.2, -0.15) is 5.10 Å². The first-order chi connectivity index (χ1) is 13.3. The van der Waals surface area contributed by atoms with E-state index in [0.717, 1.165) is 5.69 Å². The molecule has 0 spiro atoms. The van der Waals surface area contributed by atoms with Gasteiger partial charge >= 0.3 is 0 Å². The summed E-state index contributed by atoms with van der Waals surface area (Å²) >= 11 is 17.6. The number of benzene rings is 2. The highest BCUT2D eigenvalue weighted by Gasteiger charge is 2.13. The molecule has 0 aliphatic carbocycles. The van der Waals surface area contributed by atoms with Gasteiger partial charge in [0, 0.05) is 22.5 Å². The summed E-state index contributed by atoms with van der Waals surface area (Å²) in [6.07, 6.45) is 1.59. The van der Waals surface area contributed by atoms with Crippen molar-refractivity contribution in [1.82, 2.24) is 9.78 Å². The fourth-order valence-electron chi connectivity index (χ4n) is 2.63. The Hall–Kier alpha value is -2.15. The minimum atomic E-state index is -0.393. The molecule has 0 bridgehead atoms. The van der Waals surface area contributed by atoms with Gasteiger partial charge in [-0.05, 0) is 48.0 Å². The lowest BCUT2D eigenvalue weighted by molar-refractivity contribution is 0.586. The third-order valence-corrected chi connectivity index (χ3v) is 5.00. The van der Waals surface area contributed by atoms with Crippen molar-refractivity contribution in [2.75, 3.05) is 10.6 Å². The Balaban J connectivity index is 1.67. The molecular formula is C20H19Cl2FN4S. The van der Waals surface area contributed by atoms with Gasteiger partial charge in [0.15, 0.2) is 10.9 Å². The van der Waals surface area contributed by atoms with Crippen LogP contribution in [0.4, 0.5) is 15.9 Å². The SMILES string of the molecule is CC(C)c1ccc(NC(=S)Nc2nn(Cc3c(F)cccc3Cl)cc2Cl)cc1. The van der Waals surface area contributed by atoms with Crippen molar-refractivity contribution >= 4 is 52.0 Å². The fraction of sp³-hybridized carbons (Fsp3) is 0.200. The van der Waals surface area contributed by atoms with Gasteiger partial charge in [-0.25, -0.2) is 4.39 Å². The summed E-state index contributed by atoms with van der Waals surface area (Å²) in [5.74, 6) is 0.450. The third kappa shape index (κ3) is 5.01. The van der Waals surface area contributed by atoms with Crippen LogP contribution in [0, 0.1) is 5.82 Å². The van der Waals surface area contributed by atoms with Crippen molar-refractivity contribution in [2.45, 2.75) is 26.3 Å². The van der Waals surface area contributed by atoms with Crippen LogP contribution in [0.25, 0.3) is 0 Å². The average molecular weight is 437 g/mol. The van der Waals surface area contributed by atoms with E-state index in [2.05, 4.69) is 41.7 Å². The van der Waals surface area contributed by atoms with E-state index in [1.807, 2.05) is 12.1 Å². The van der Waals surface area contributed by atoms with E-state index < -0.39 is 5.82 Å². The molecule has 28 heavy (non-hydrogen) atoms. The molecule has 1 aromatic heterocycles. The van der Waals surface area contributed by atoms with Crippen LogP contribution in [0.3, 0.4) is 0 Å². The van der Waals surface area contributed by atoms with Crippen molar-refractivity contribution in [3.05, 3.63) is 75.7 Å². The van der Waals surface area contributed by atoms with Crippen molar-refractivity contribution in [3.8, 4) is 0 Å². The third-order valence-electron chi connectivity index (χ3n) is 4.17. The zero-order valence-corrected chi connectivity index (χ0v) is 17.7. The molecule has 0 aliphatic rings. The van der Waals surface area contributed by atoms with E-state index in [-0.39, 0.29) is 6.54 Å². The van der Waals surface area contributed by atoms with Crippen LogP contribution in [0.15, 0.2) is 48.7 Å². The molecule has 0 aliphatic heterocycles. The molecule has 3 rings (SSSR count). The number of nitrogens with one attached hydrogen (secondary N) is 2. The zero-order chi connectivity index (χ0) is 20.3. The Morgan fingerprint density at radius 3 is 2.46 bits per heavy atom. The second-order valence-electron chi connectivity index (χ2n) is 6.58. The Bertz CT molecular complexity index is 966. The Morgan fingerprint density at radius 2 is 1.82 bits per heavy atom. The summed E-state index contributed by atoms with van der Waals surface area (Å²) in [6, 6.07) is 12.6. The maximum Gasteiger partial charge on any atom is 0.176 e. The molecule has 4 nitrogen and oxygen atoms in total. The smallest absolute Gasteiger partial charge is 0.176 e. The standard InChI is InChI=1S/C20H19Cl2FN4S/c1-12(2)13-6-8-14(9-7-13)24-20(28)25-19-17(22)11-27(26-19)10-15-16(21)4-3-5-18(15)23/h3-9,11-12H,10H2,1-2H3,(H2,24,25,26,28). The van der Waals surface area contributed by atoms with Crippen molar-refractivity contribution in [1.29, 1.82) is 0 Å². The lowest BCUT2D eigenvalue weighted by Gasteiger charge is -2.11. The van der Waals surface area contributed by atoms with Crippen LogP contribution in [0.2, 0.25) is 10.0 Å². The predicted molar refractivity (Wildman–Crippen MR) is 118 cm³/mol. The van der Waals surface area contributed by atoms with Crippen LogP contribution in [-0.4, -0.2) is 14.9 Å². The Kier molecular flexibility index (Phi) is 6.54. The molecule has 0 saturated heterocycles. The molecule has 0 amide bonds. The predicted octanol–water partition coefficient (Wildman–Crippen LogP) is 6.31. The molecule has 3 aromatic rings. The maximum atomic E-state index is 14.0. The molecular weight excluding hydrogens is 418 g/mol. The molecule has 8 heteroatoms. The Morgan fingerprint density at radius 1 is 1.11 bits per heavy atom. The molecule has 0 radical (unpaired) electrons. The summed E-state index contributed by atoms with van der Waals surface area (Å²) in [6.45, 7) is 4.44. The van der Waals surface area contributed by atoms with Crippen LogP contribution >= 0.6 is 35.4 Å². The normalized spacial score (nSPS) is 10.9. The highest BCUT2D eigenvalue weighted by Crippen LogP contribution is 2.24. The van der Waals surface area contributed by atoms with Crippen LogP contribution in [-0.2, 0) is 6.54 Å². The second-order valence-corrected chi connectivity index (χ2v) is 7.80. The Labute approximate surface area is 178 Å². The van der Waals surface area contributed by atoms with E-state index in [4.69, 9.17) is 35.4 Å². The summed E-state index contributed by atoms with van der Waals surface area (Å²) in [5, 5.41) is 11.4. The summed E-state index contributed by atoms with van der Waals surface area (Å²) < 4.78 is 15.5. The van der Waals surface area contributed by atoms with Crippen molar-refractivity contribution < 1.29 is 4.39 Å². The van der Waals surface area contributed by atoms with E-state index in [9.17, 15) is 4.39 Å². The molecule has 1 heterocycles. The number of thiocarbonyl (C=S) groups is 1. The largest absolute Gasteiger partial charge is 0.332 e. The highest BCUT2D eigenvalue weighted by molar-refractivity contribution is 7.80. The number of nitrogens with zero attached hydrogens (tertiary/aromatic N) is 2. The number of halogens is 3. The van der Waals surface area contributed by atoms with Crippen molar-refractivity contribution in [3.63, 3.8) is 0 Å². The van der Waals surface area contributed by atoms with Gasteiger partial charge in [0.2, 0.25) is 0 Å². The minimum absolute atomic E-state index is 0.157. The highest BCUT2D eigenvalue weighted by atomic mass is 35.5. The van der Waals surface area contributed by atoms with Gasteiger partial charge in [-0.1, -0.05) is 55.2 Å². The van der Waals surface area contributed by atoms with Crippen molar-refractivity contribution in [2.24, 2.45) is 0 Å². The van der Waals surface area contributed by atoms with Gasteiger partial charge < -0.3 is 10.6 Å². The second kappa shape index (κ2) is 8.90. The summed E-state index contributed by atoms with van der Waals surface area (Å²) in [7, 11) is 0. The van der Waals surface area contributed by atoms with Gasteiger partial charge in [0.05, 0.1) is 6.54 Å². The first-order valence-corrected chi connectivity index (χ1v) is 9.83. The minimum Gasteiger partial charge on any atom is -0.332 e.